The van der Waals surface area contributed by atoms with Gasteiger partial charge in [0.25, 0.3) is 0 Å². The zero-order valence-electron chi connectivity index (χ0n) is 9.66. The van der Waals surface area contributed by atoms with Gasteiger partial charge in [-0.15, -0.1) is 0 Å². The molecule has 0 aromatic heterocycles. The summed E-state index contributed by atoms with van der Waals surface area (Å²) in [5.74, 6) is 0.722. The molecule has 1 heterocycles. The molecule has 2 unspecified atom stereocenters. The van der Waals surface area contributed by atoms with Gasteiger partial charge in [-0.05, 0) is 11.6 Å². The molecule has 1 aliphatic heterocycles. The second-order valence-corrected chi connectivity index (χ2v) is 4.04. The van der Waals surface area contributed by atoms with Crippen molar-refractivity contribution in [3.05, 3.63) is 60.2 Å². The van der Waals surface area contributed by atoms with Crippen LogP contribution in [-0.2, 0) is 0 Å². The molecule has 0 saturated carbocycles. The minimum atomic E-state index is 0.0115. The van der Waals surface area contributed by atoms with E-state index < -0.39 is 0 Å². The first kappa shape index (κ1) is 11.6. The molecule has 0 aliphatic carbocycles. The number of aliphatic imine (C=N–C) groups is 1. The summed E-state index contributed by atoms with van der Waals surface area (Å²) in [4.78, 5) is 4.46. The van der Waals surface area contributed by atoms with E-state index >= 15 is 0 Å². The molecular weight excluding hydrogens is 210 g/mol. The maximum atomic E-state index is 5.87. The molecule has 0 spiro atoms. The Morgan fingerprint density at radius 2 is 1.94 bits per heavy atom. The normalized spacial score (nSPS) is 20.8. The minimum absolute atomic E-state index is 0.0115. The fourth-order valence-corrected chi connectivity index (χ4v) is 1.99. The molecular formula is C14H17N3. The van der Waals surface area contributed by atoms with Gasteiger partial charge in [-0.1, -0.05) is 48.6 Å². The molecule has 0 radical (unpaired) electrons. The number of rotatable bonds is 3. The topological polar surface area (TPSA) is 64.4 Å². The molecule has 3 nitrogen and oxygen atoms in total. The van der Waals surface area contributed by atoms with E-state index in [1.807, 2.05) is 36.4 Å². The summed E-state index contributed by atoms with van der Waals surface area (Å²) in [6, 6.07) is 10.2. The SMILES string of the molecule is NCC(c1ccccc1)C1C=CC=CC(N)=N1. The summed E-state index contributed by atoms with van der Waals surface area (Å²) in [6.45, 7) is 0.551. The number of hydrogen-bond acceptors (Lipinski definition) is 3. The maximum Gasteiger partial charge on any atom is 0.118 e. The Morgan fingerprint density at radius 3 is 2.65 bits per heavy atom. The van der Waals surface area contributed by atoms with E-state index in [4.69, 9.17) is 11.5 Å². The lowest BCUT2D eigenvalue weighted by molar-refractivity contribution is 0.622. The quantitative estimate of drug-likeness (QED) is 0.823. The van der Waals surface area contributed by atoms with Crippen molar-refractivity contribution in [2.75, 3.05) is 6.54 Å². The highest BCUT2D eigenvalue weighted by atomic mass is 14.9. The van der Waals surface area contributed by atoms with Crippen LogP contribution >= 0.6 is 0 Å². The van der Waals surface area contributed by atoms with Crippen LogP contribution in [0.3, 0.4) is 0 Å². The highest BCUT2D eigenvalue weighted by Crippen LogP contribution is 2.22. The van der Waals surface area contributed by atoms with E-state index in [0.29, 0.717) is 12.4 Å². The standard InChI is InChI=1S/C14H17N3/c15-10-12(11-6-2-1-3-7-11)13-8-4-5-9-14(16)17-13/h1-9,12-13H,10,15H2,(H2,16,17). The highest BCUT2D eigenvalue weighted by molar-refractivity contribution is 5.92. The lowest BCUT2D eigenvalue weighted by Crippen LogP contribution is -2.25. The third kappa shape index (κ3) is 2.82. The lowest BCUT2D eigenvalue weighted by atomic mass is 9.91. The predicted octanol–water partition coefficient (Wildman–Crippen LogP) is 1.58. The van der Waals surface area contributed by atoms with Crippen molar-refractivity contribution in [3.63, 3.8) is 0 Å². The number of nitrogens with zero attached hydrogens (tertiary/aromatic N) is 1. The fourth-order valence-electron chi connectivity index (χ4n) is 1.99. The Labute approximate surface area is 102 Å². The first-order chi connectivity index (χ1) is 8.31. The molecule has 88 valence electrons. The molecule has 4 N–H and O–H groups in total. The number of nitrogens with two attached hydrogens (primary N) is 2. The Balaban J connectivity index is 2.28. The third-order valence-electron chi connectivity index (χ3n) is 2.88. The lowest BCUT2D eigenvalue weighted by Gasteiger charge is -2.20. The van der Waals surface area contributed by atoms with Crippen LogP contribution in [0.1, 0.15) is 11.5 Å². The molecule has 2 rings (SSSR count). The van der Waals surface area contributed by atoms with Crippen LogP contribution in [0.15, 0.2) is 59.6 Å². The molecule has 17 heavy (non-hydrogen) atoms. The van der Waals surface area contributed by atoms with Gasteiger partial charge in [-0.3, -0.25) is 4.99 Å². The van der Waals surface area contributed by atoms with Crippen molar-refractivity contribution in [1.29, 1.82) is 0 Å². The third-order valence-corrected chi connectivity index (χ3v) is 2.88. The van der Waals surface area contributed by atoms with E-state index in [0.717, 1.165) is 0 Å². The van der Waals surface area contributed by atoms with E-state index in [1.165, 1.54) is 5.56 Å². The van der Waals surface area contributed by atoms with Gasteiger partial charge in [0.05, 0.1) is 6.04 Å². The van der Waals surface area contributed by atoms with Crippen LogP contribution in [0.4, 0.5) is 0 Å². The van der Waals surface area contributed by atoms with Crippen molar-refractivity contribution in [2.24, 2.45) is 16.5 Å². The molecule has 3 heteroatoms. The summed E-state index contributed by atoms with van der Waals surface area (Å²) in [6.07, 6.45) is 7.72. The molecule has 2 atom stereocenters. The molecule has 0 saturated heterocycles. The van der Waals surface area contributed by atoms with Crippen LogP contribution in [0.5, 0.6) is 0 Å². The first-order valence-electron chi connectivity index (χ1n) is 5.74. The Hall–Kier alpha value is -1.87. The van der Waals surface area contributed by atoms with Crippen molar-refractivity contribution in [2.45, 2.75) is 12.0 Å². The molecule has 0 amide bonds. The number of hydrogen-bond donors (Lipinski definition) is 2. The summed E-state index contributed by atoms with van der Waals surface area (Å²) < 4.78 is 0. The molecule has 1 aliphatic rings. The van der Waals surface area contributed by atoms with Crippen molar-refractivity contribution < 1.29 is 0 Å². The minimum Gasteiger partial charge on any atom is -0.384 e. The molecule has 0 fully saturated rings. The monoisotopic (exact) mass is 227 g/mol. The number of benzene rings is 1. The van der Waals surface area contributed by atoms with Crippen LogP contribution in [0.2, 0.25) is 0 Å². The molecule has 1 aromatic rings. The van der Waals surface area contributed by atoms with Crippen LogP contribution in [0, 0.1) is 0 Å². The zero-order valence-corrected chi connectivity index (χ0v) is 9.66. The van der Waals surface area contributed by atoms with E-state index in [2.05, 4.69) is 17.1 Å². The predicted molar refractivity (Wildman–Crippen MR) is 71.9 cm³/mol. The van der Waals surface area contributed by atoms with E-state index in [-0.39, 0.29) is 12.0 Å². The van der Waals surface area contributed by atoms with Crippen LogP contribution in [-0.4, -0.2) is 18.4 Å². The highest BCUT2D eigenvalue weighted by Gasteiger charge is 2.19. The van der Waals surface area contributed by atoms with E-state index in [9.17, 15) is 0 Å². The number of allylic oxidation sites excluding steroid dienone is 2. The molecule has 0 bridgehead atoms. The maximum absolute atomic E-state index is 5.87. The fraction of sp³-hybridized carbons (Fsp3) is 0.214. The summed E-state index contributed by atoms with van der Waals surface area (Å²) in [7, 11) is 0. The second kappa shape index (κ2) is 5.46. The van der Waals surface area contributed by atoms with Gasteiger partial charge in [0, 0.05) is 12.5 Å². The van der Waals surface area contributed by atoms with Crippen molar-refractivity contribution in [1.82, 2.24) is 0 Å². The van der Waals surface area contributed by atoms with Gasteiger partial charge in [0.2, 0.25) is 0 Å². The molecule has 1 aromatic carbocycles. The van der Waals surface area contributed by atoms with Gasteiger partial charge >= 0.3 is 0 Å². The second-order valence-electron chi connectivity index (χ2n) is 4.04. The van der Waals surface area contributed by atoms with Crippen LogP contribution < -0.4 is 11.5 Å². The summed E-state index contributed by atoms with van der Waals surface area (Å²) in [5, 5.41) is 0. The van der Waals surface area contributed by atoms with Gasteiger partial charge in [0.15, 0.2) is 0 Å². The average molecular weight is 227 g/mol. The van der Waals surface area contributed by atoms with E-state index in [1.54, 1.807) is 6.08 Å². The summed E-state index contributed by atoms with van der Waals surface area (Å²) >= 11 is 0. The van der Waals surface area contributed by atoms with Gasteiger partial charge in [-0.25, -0.2) is 0 Å². The Bertz CT molecular complexity index is 446. The summed E-state index contributed by atoms with van der Waals surface area (Å²) in [5.41, 5.74) is 12.8. The van der Waals surface area contributed by atoms with Gasteiger partial charge < -0.3 is 11.5 Å². The Morgan fingerprint density at radius 1 is 1.18 bits per heavy atom. The van der Waals surface area contributed by atoms with Crippen molar-refractivity contribution >= 4 is 5.84 Å². The Kier molecular flexibility index (Phi) is 3.73. The zero-order chi connectivity index (χ0) is 12.1. The average Bonchev–Trinajstić information content (AvgIpc) is 2.56. The number of amidine groups is 1. The van der Waals surface area contributed by atoms with Crippen LogP contribution in [0.25, 0.3) is 0 Å². The first-order valence-corrected chi connectivity index (χ1v) is 5.74. The largest absolute Gasteiger partial charge is 0.384 e. The van der Waals surface area contributed by atoms with Gasteiger partial charge in [0.1, 0.15) is 5.84 Å². The van der Waals surface area contributed by atoms with Crippen molar-refractivity contribution in [3.8, 4) is 0 Å². The van der Waals surface area contributed by atoms with Gasteiger partial charge in [-0.2, -0.15) is 0 Å². The smallest absolute Gasteiger partial charge is 0.118 e.